The van der Waals surface area contributed by atoms with Gasteiger partial charge in [-0.2, -0.15) is 5.10 Å². The van der Waals surface area contributed by atoms with E-state index in [-0.39, 0.29) is 0 Å². The average Bonchev–Trinajstić information content (AvgIpc) is 3.24. The summed E-state index contributed by atoms with van der Waals surface area (Å²) < 4.78 is 1.20. The summed E-state index contributed by atoms with van der Waals surface area (Å²) in [6, 6.07) is 10.4. The molecule has 0 saturated carbocycles. The summed E-state index contributed by atoms with van der Waals surface area (Å²) in [7, 11) is 0. The molecular weight excluding hydrogens is 300 g/mol. The van der Waals surface area contributed by atoms with Gasteiger partial charge < -0.3 is 5.32 Å². The summed E-state index contributed by atoms with van der Waals surface area (Å²) in [5, 5.41) is 12.8. The summed E-state index contributed by atoms with van der Waals surface area (Å²) in [6.07, 6.45) is 1.88. The topological polar surface area (TPSA) is 53.6 Å². The standard InChI is InChI=1S/C15H12N4S2/c1-2-13(20-5-1)15-10(8-18-19-15)7-16-11-3-4-12-14(6-11)21-9-17-12/h1-6,8-9,16H,7H2,(H,18,19). The van der Waals surface area contributed by atoms with E-state index in [1.807, 2.05) is 17.8 Å². The van der Waals surface area contributed by atoms with E-state index in [0.717, 1.165) is 23.4 Å². The van der Waals surface area contributed by atoms with E-state index >= 15 is 0 Å². The van der Waals surface area contributed by atoms with Gasteiger partial charge in [-0.05, 0) is 29.6 Å². The molecule has 0 aliphatic rings. The lowest BCUT2D eigenvalue weighted by molar-refractivity contribution is 1.10. The number of thiazole rings is 1. The van der Waals surface area contributed by atoms with Gasteiger partial charge in [-0.15, -0.1) is 22.7 Å². The van der Waals surface area contributed by atoms with Gasteiger partial charge >= 0.3 is 0 Å². The van der Waals surface area contributed by atoms with Gasteiger partial charge in [0.15, 0.2) is 0 Å². The van der Waals surface area contributed by atoms with Crippen molar-refractivity contribution < 1.29 is 0 Å². The summed E-state index contributed by atoms with van der Waals surface area (Å²) in [5.74, 6) is 0. The molecule has 4 rings (SSSR count). The van der Waals surface area contributed by atoms with E-state index in [1.165, 1.54) is 15.1 Å². The van der Waals surface area contributed by atoms with Gasteiger partial charge in [0.05, 0.1) is 32.5 Å². The maximum Gasteiger partial charge on any atom is 0.0813 e. The number of rotatable bonds is 4. The molecule has 104 valence electrons. The van der Waals surface area contributed by atoms with Crippen molar-refractivity contribution in [1.82, 2.24) is 15.2 Å². The second-order valence-corrected chi connectivity index (χ2v) is 6.47. The molecule has 6 heteroatoms. The number of aromatic nitrogens is 3. The Balaban J connectivity index is 1.55. The van der Waals surface area contributed by atoms with Crippen molar-refractivity contribution in [3.63, 3.8) is 0 Å². The minimum Gasteiger partial charge on any atom is -0.381 e. The van der Waals surface area contributed by atoms with Crippen molar-refractivity contribution >= 4 is 38.6 Å². The van der Waals surface area contributed by atoms with Crippen LogP contribution < -0.4 is 5.32 Å². The Morgan fingerprint density at radius 2 is 2.19 bits per heavy atom. The van der Waals surface area contributed by atoms with Crippen LogP contribution in [0.3, 0.4) is 0 Å². The molecule has 21 heavy (non-hydrogen) atoms. The van der Waals surface area contributed by atoms with Crippen LogP contribution >= 0.6 is 22.7 Å². The Morgan fingerprint density at radius 1 is 1.19 bits per heavy atom. The zero-order valence-corrected chi connectivity index (χ0v) is 12.7. The SMILES string of the molecule is c1csc(-c2[nH]ncc2CNc2ccc3ncsc3c2)c1. The van der Waals surface area contributed by atoms with Crippen molar-refractivity contribution in [2.45, 2.75) is 6.54 Å². The van der Waals surface area contributed by atoms with E-state index in [4.69, 9.17) is 0 Å². The Hall–Kier alpha value is -2.18. The van der Waals surface area contributed by atoms with Crippen LogP contribution in [0.1, 0.15) is 5.56 Å². The number of anilines is 1. The van der Waals surface area contributed by atoms with Crippen LogP contribution in [0, 0.1) is 0 Å². The third kappa shape index (κ3) is 2.43. The summed E-state index contributed by atoms with van der Waals surface area (Å²) in [5.41, 5.74) is 6.29. The fraction of sp³-hybridized carbons (Fsp3) is 0.0667. The lowest BCUT2D eigenvalue weighted by atomic mass is 10.2. The number of nitrogens with one attached hydrogen (secondary N) is 2. The Morgan fingerprint density at radius 3 is 3.10 bits per heavy atom. The Bertz CT molecular complexity index is 861. The van der Waals surface area contributed by atoms with Gasteiger partial charge in [-0.25, -0.2) is 4.98 Å². The van der Waals surface area contributed by atoms with E-state index in [1.54, 1.807) is 22.7 Å². The Labute approximate surface area is 129 Å². The molecule has 0 fully saturated rings. The first-order valence-corrected chi connectivity index (χ1v) is 8.29. The lowest BCUT2D eigenvalue weighted by Crippen LogP contribution is -1.99. The number of hydrogen-bond acceptors (Lipinski definition) is 5. The molecule has 0 aliphatic carbocycles. The van der Waals surface area contributed by atoms with Gasteiger partial charge in [-0.1, -0.05) is 6.07 Å². The zero-order valence-electron chi connectivity index (χ0n) is 11.0. The highest BCUT2D eigenvalue weighted by Gasteiger charge is 2.08. The quantitative estimate of drug-likeness (QED) is 0.588. The van der Waals surface area contributed by atoms with Gasteiger partial charge in [0, 0.05) is 17.8 Å². The molecule has 0 aliphatic heterocycles. The molecule has 0 bridgehead atoms. The highest BCUT2D eigenvalue weighted by Crippen LogP contribution is 2.27. The second kappa shape index (κ2) is 5.31. The van der Waals surface area contributed by atoms with E-state index < -0.39 is 0 Å². The fourth-order valence-corrected chi connectivity index (χ4v) is 3.71. The van der Waals surface area contributed by atoms with Gasteiger partial charge in [0.1, 0.15) is 0 Å². The molecule has 2 N–H and O–H groups in total. The molecule has 0 radical (unpaired) electrons. The summed E-state index contributed by atoms with van der Waals surface area (Å²) in [6.45, 7) is 0.744. The molecule has 1 aromatic carbocycles. The van der Waals surface area contributed by atoms with Crippen LogP contribution in [0.15, 0.2) is 47.4 Å². The zero-order chi connectivity index (χ0) is 14.1. The first-order chi connectivity index (χ1) is 10.4. The van der Waals surface area contributed by atoms with Crippen LogP contribution in [-0.2, 0) is 6.54 Å². The first-order valence-electron chi connectivity index (χ1n) is 6.53. The molecule has 4 nitrogen and oxygen atoms in total. The summed E-state index contributed by atoms with van der Waals surface area (Å²) >= 11 is 3.37. The lowest BCUT2D eigenvalue weighted by Gasteiger charge is -2.06. The van der Waals surface area contributed by atoms with E-state index in [0.29, 0.717) is 0 Å². The van der Waals surface area contributed by atoms with Crippen molar-refractivity contribution in [3.05, 3.63) is 53.0 Å². The third-order valence-electron chi connectivity index (χ3n) is 3.30. The van der Waals surface area contributed by atoms with Crippen molar-refractivity contribution in [2.75, 3.05) is 5.32 Å². The predicted molar refractivity (Wildman–Crippen MR) is 88.8 cm³/mol. The van der Waals surface area contributed by atoms with Crippen molar-refractivity contribution in [3.8, 4) is 10.6 Å². The molecule has 0 saturated heterocycles. The molecule has 0 spiro atoms. The van der Waals surface area contributed by atoms with Crippen molar-refractivity contribution in [2.24, 2.45) is 0 Å². The van der Waals surface area contributed by atoms with Crippen LogP contribution in [0.4, 0.5) is 5.69 Å². The molecule has 0 unspecified atom stereocenters. The number of thiophene rings is 1. The second-order valence-electron chi connectivity index (χ2n) is 4.64. The average molecular weight is 312 g/mol. The first kappa shape index (κ1) is 12.6. The van der Waals surface area contributed by atoms with E-state index in [9.17, 15) is 0 Å². The largest absolute Gasteiger partial charge is 0.381 e. The van der Waals surface area contributed by atoms with Crippen molar-refractivity contribution in [1.29, 1.82) is 0 Å². The van der Waals surface area contributed by atoms with E-state index in [2.05, 4.69) is 50.1 Å². The monoisotopic (exact) mass is 312 g/mol. The summed E-state index contributed by atoms with van der Waals surface area (Å²) in [4.78, 5) is 5.51. The number of aromatic amines is 1. The number of H-pyrrole nitrogens is 1. The van der Waals surface area contributed by atoms with Crippen LogP contribution in [0.2, 0.25) is 0 Å². The third-order valence-corrected chi connectivity index (χ3v) is 4.98. The molecule has 0 amide bonds. The number of hydrogen-bond donors (Lipinski definition) is 2. The minimum absolute atomic E-state index is 0.744. The van der Waals surface area contributed by atoms with Gasteiger partial charge in [0.25, 0.3) is 0 Å². The Kier molecular flexibility index (Phi) is 3.17. The van der Waals surface area contributed by atoms with Gasteiger partial charge in [0.2, 0.25) is 0 Å². The van der Waals surface area contributed by atoms with Gasteiger partial charge in [-0.3, -0.25) is 5.10 Å². The molecule has 4 aromatic rings. The number of fused-ring (bicyclic) bond motifs is 1. The normalized spacial score (nSPS) is 11.0. The predicted octanol–water partition coefficient (Wildman–Crippen LogP) is 4.36. The fourth-order valence-electron chi connectivity index (χ4n) is 2.24. The van der Waals surface area contributed by atoms with Crippen LogP contribution in [-0.4, -0.2) is 15.2 Å². The molecule has 0 atom stereocenters. The highest BCUT2D eigenvalue weighted by molar-refractivity contribution is 7.16. The number of nitrogens with zero attached hydrogens (tertiary/aromatic N) is 2. The minimum atomic E-state index is 0.744. The smallest absolute Gasteiger partial charge is 0.0813 e. The van der Waals surface area contributed by atoms with Crippen LogP contribution in [0.5, 0.6) is 0 Å². The van der Waals surface area contributed by atoms with Crippen LogP contribution in [0.25, 0.3) is 20.8 Å². The molecule has 3 heterocycles. The molecule has 3 aromatic heterocycles. The maximum atomic E-state index is 4.29. The molecular formula is C15H12N4S2. The highest BCUT2D eigenvalue weighted by atomic mass is 32.1. The number of benzene rings is 1. The maximum absolute atomic E-state index is 4.29.